The Balaban J connectivity index is 2.45. The Morgan fingerprint density at radius 3 is 2.67 bits per heavy atom. The summed E-state index contributed by atoms with van der Waals surface area (Å²) in [5.41, 5.74) is 0.644. The second-order valence-electron chi connectivity index (χ2n) is 4.62. The molecule has 0 aliphatic heterocycles. The highest BCUT2D eigenvalue weighted by atomic mass is 35.5. The molecule has 1 heterocycles. The molecule has 0 radical (unpaired) electrons. The summed E-state index contributed by atoms with van der Waals surface area (Å²) in [5, 5.41) is 10.1. The molecular formula is C14H17ClN2O3S. The van der Waals surface area contributed by atoms with Crippen molar-refractivity contribution < 1.29 is 13.5 Å². The summed E-state index contributed by atoms with van der Waals surface area (Å²) in [6.07, 6.45) is 0.684. The fourth-order valence-corrected chi connectivity index (χ4v) is 3.81. The van der Waals surface area contributed by atoms with Gasteiger partial charge in [-0.3, -0.25) is 0 Å². The molecule has 1 aromatic carbocycles. The lowest BCUT2D eigenvalue weighted by Crippen LogP contribution is -2.34. The third-order valence-electron chi connectivity index (χ3n) is 3.09. The normalized spacial score (nSPS) is 12.2. The minimum Gasteiger partial charge on any atom is -0.395 e. The van der Waals surface area contributed by atoms with Crippen LogP contribution in [0, 0.1) is 0 Å². The predicted molar refractivity (Wildman–Crippen MR) is 82.9 cm³/mol. The van der Waals surface area contributed by atoms with Crippen molar-refractivity contribution in [3.8, 4) is 0 Å². The Kier molecular flexibility index (Phi) is 5.16. The highest BCUT2D eigenvalue weighted by Crippen LogP contribution is 2.22. The Bertz CT molecular complexity index is 728. The van der Waals surface area contributed by atoms with Gasteiger partial charge in [-0.15, -0.1) is 0 Å². The first-order valence-corrected chi connectivity index (χ1v) is 8.48. The van der Waals surface area contributed by atoms with Gasteiger partial charge in [0.1, 0.15) is 5.15 Å². The third-order valence-corrected chi connectivity index (χ3v) is 5.19. The van der Waals surface area contributed by atoms with E-state index in [2.05, 4.69) is 4.98 Å². The molecule has 0 atom stereocenters. The molecule has 2 rings (SSSR count). The van der Waals surface area contributed by atoms with Crippen molar-refractivity contribution in [3.63, 3.8) is 0 Å². The van der Waals surface area contributed by atoms with Crippen molar-refractivity contribution in [1.82, 2.24) is 9.29 Å². The Morgan fingerprint density at radius 1 is 1.24 bits per heavy atom. The van der Waals surface area contributed by atoms with Gasteiger partial charge in [0.15, 0.2) is 0 Å². The summed E-state index contributed by atoms with van der Waals surface area (Å²) in [6, 6.07) is 8.09. The molecule has 0 saturated heterocycles. The van der Waals surface area contributed by atoms with Crippen molar-refractivity contribution in [1.29, 1.82) is 0 Å². The molecule has 0 aliphatic carbocycles. The van der Waals surface area contributed by atoms with E-state index in [0.29, 0.717) is 29.0 Å². The van der Waals surface area contributed by atoms with E-state index in [1.54, 1.807) is 24.3 Å². The van der Waals surface area contributed by atoms with Crippen molar-refractivity contribution in [2.75, 3.05) is 19.7 Å². The van der Waals surface area contributed by atoms with Crippen molar-refractivity contribution >= 4 is 32.5 Å². The fourth-order valence-electron chi connectivity index (χ4n) is 2.10. The van der Waals surface area contributed by atoms with Crippen LogP contribution in [0.5, 0.6) is 0 Å². The number of sulfonamides is 1. The zero-order chi connectivity index (χ0) is 15.5. The second kappa shape index (κ2) is 6.70. The molecule has 1 N–H and O–H groups in total. The molecule has 2 aromatic rings. The summed E-state index contributed by atoms with van der Waals surface area (Å²) in [4.78, 5) is 4.33. The highest BCUT2D eigenvalue weighted by Gasteiger charge is 2.23. The Labute approximate surface area is 129 Å². The van der Waals surface area contributed by atoms with Crippen LogP contribution in [0.1, 0.15) is 13.3 Å². The van der Waals surface area contributed by atoms with E-state index in [-0.39, 0.29) is 18.0 Å². The van der Waals surface area contributed by atoms with E-state index in [1.165, 1.54) is 10.4 Å². The van der Waals surface area contributed by atoms with E-state index in [0.717, 1.165) is 0 Å². The summed E-state index contributed by atoms with van der Waals surface area (Å²) < 4.78 is 26.5. The zero-order valence-electron chi connectivity index (χ0n) is 11.7. The number of hydrogen-bond donors (Lipinski definition) is 1. The molecule has 114 valence electrons. The maximum Gasteiger partial charge on any atom is 0.243 e. The van der Waals surface area contributed by atoms with Gasteiger partial charge in [-0.25, -0.2) is 13.4 Å². The quantitative estimate of drug-likeness (QED) is 0.826. The first kappa shape index (κ1) is 16.2. The number of nitrogens with zero attached hydrogens (tertiary/aromatic N) is 2. The molecule has 0 bridgehead atoms. The monoisotopic (exact) mass is 328 g/mol. The van der Waals surface area contributed by atoms with Crippen LogP contribution in [-0.2, 0) is 10.0 Å². The van der Waals surface area contributed by atoms with Gasteiger partial charge in [0, 0.05) is 18.5 Å². The van der Waals surface area contributed by atoms with Gasteiger partial charge in [0.2, 0.25) is 10.0 Å². The first-order chi connectivity index (χ1) is 9.98. The van der Waals surface area contributed by atoms with Crippen molar-refractivity contribution in [2.45, 2.75) is 18.2 Å². The van der Waals surface area contributed by atoms with E-state index in [9.17, 15) is 8.42 Å². The number of halogens is 1. The van der Waals surface area contributed by atoms with Gasteiger partial charge in [-0.2, -0.15) is 4.31 Å². The van der Waals surface area contributed by atoms with E-state index >= 15 is 0 Å². The molecule has 0 amide bonds. The molecule has 1 aromatic heterocycles. The van der Waals surface area contributed by atoms with Crippen molar-refractivity contribution in [2.24, 2.45) is 0 Å². The smallest absolute Gasteiger partial charge is 0.243 e. The number of hydrogen-bond acceptors (Lipinski definition) is 4. The van der Waals surface area contributed by atoms with Crippen LogP contribution in [0.2, 0.25) is 5.15 Å². The van der Waals surface area contributed by atoms with Gasteiger partial charge in [0.05, 0.1) is 17.0 Å². The Morgan fingerprint density at radius 2 is 2.00 bits per heavy atom. The second-order valence-corrected chi connectivity index (χ2v) is 6.94. The molecule has 0 aliphatic rings. The maximum absolute atomic E-state index is 12.6. The van der Waals surface area contributed by atoms with Crippen LogP contribution in [0.25, 0.3) is 10.9 Å². The predicted octanol–water partition coefficient (Wildman–Crippen LogP) is 2.28. The van der Waals surface area contributed by atoms with Crippen LogP contribution in [0.3, 0.4) is 0 Å². The van der Waals surface area contributed by atoms with Gasteiger partial charge in [-0.05, 0) is 36.8 Å². The van der Waals surface area contributed by atoms with Crippen molar-refractivity contribution in [3.05, 3.63) is 35.5 Å². The maximum atomic E-state index is 12.6. The number of benzene rings is 1. The van der Waals surface area contributed by atoms with Crippen LogP contribution in [0.4, 0.5) is 0 Å². The third kappa shape index (κ3) is 3.52. The minimum atomic E-state index is -3.61. The van der Waals surface area contributed by atoms with Crippen LogP contribution < -0.4 is 0 Å². The molecule has 5 nitrogen and oxygen atoms in total. The number of rotatable bonds is 6. The van der Waals surface area contributed by atoms with Gasteiger partial charge in [0.25, 0.3) is 0 Å². The summed E-state index contributed by atoms with van der Waals surface area (Å²) in [6.45, 7) is 2.16. The van der Waals surface area contributed by atoms with Gasteiger partial charge < -0.3 is 5.11 Å². The molecule has 7 heteroatoms. The number of aliphatic hydroxyl groups is 1. The van der Waals surface area contributed by atoms with Gasteiger partial charge in [-0.1, -0.05) is 18.5 Å². The zero-order valence-corrected chi connectivity index (χ0v) is 13.2. The average Bonchev–Trinajstić information content (AvgIpc) is 2.46. The molecule has 0 saturated carbocycles. The lowest BCUT2D eigenvalue weighted by Gasteiger charge is -2.20. The fraction of sp³-hybridized carbons (Fsp3) is 0.357. The first-order valence-electron chi connectivity index (χ1n) is 6.66. The average molecular weight is 329 g/mol. The van der Waals surface area contributed by atoms with Crippen LogP contribution >= 0.6 is 11.6 Å². The number of pyridine rings is 1. The topological polar surface area (TPSA) is 70.5 Å². The summed E-state index contributed by atoms with van der Waals surface area (Å²) >= 11 is 5.82. The summed E-state index contributed by atoms with van der Waals surface area (Å²) in [7, 11) is -3.61. The lowest BCUT2D eigenvalue weighted by atomic mass is 10.2. The van der Waals surface area contributed by atoms with E-state index < -0.39 is 10.0 Å². The molecular weight excluding hydrogens is 312 g/mol. The van der Waals surface area contributed by atoms with Crippen LogP contribution in [0.15, 0.2) is 35.2 Å². The summed E-state index contributed by atoms with van der Waals surface area (Å²) in [5.74, 6) is 0. The van der Waals surface area contributed by atoms with Gasteiger partial charge >= 0.3 is 0 Å². The minimum absolute atomic E-state index is 0.0904. The number of aromatic nitrogens is 1. The molecule has 0 spiro atoms. The van der Waals surface area contributed by atoms with Crippen LogP contribution in [-0.4, -0.2) is 42.5 Å². The number of aliphatic hydroxyl groups excluding tert-OH is 1. The standard InChI is InChI=1S/C14H17ClN2O3S/c1-2-7-17(8-9-18)21(19,20)12-4-5-13-11(10-12)3-6-14(15)16-13/h3-6,10,18H,2,7-9H2,1H3. The Hall–Kier alpha value is -1.21. The largest absolute Gasteiger partial charge is 0.395 e. The molecule has 0 fully saturated rings. The molecule has 21 heavy (non-hydrogen) atoms. The highest BCUT2D eigenvalue weighted by molar-refractivity contribution is 7.89. The number of fused-ring (bicyclic) bond motifs is 1. The SMILES string of the molecule is CCCN(CCO)S(=O)(=O)c1ccc2nc(Cl)ccc2c1. The van der Waals surface area contributed by atoms with E-state index in [1.807, 2.05) is 6.92 Å². The molecule has 0 unspecified atom stereocenters. The lowest BCUT2D eigenvalue weighted by molar-refractivity contribution is 0.253. The van der Waals surface area contributed by atoms with E-state index in [4.69, 9.17) is 16.7 Å².